The van der Waals surface area contributed by atoms with E-state index in [1.54, 1.807) is 13.8 Å². The number of nitrogens with one attached hydrogen (secondary N) is 1. The Labute approximate surface area is 109 Å². The largest absolute Gasteiger partial charge is 0.336 e. The van der Waals surface area contributed by atoms with Gasteiger partial charge in [-0.2, -0.15) is 10.3 Å². The fourth-order valence-electron chi connectivity index (χ4n) is 1.19. The van der Waals surface area contributed by atoms with Gasteiger partial charge in [0.25, 0.3) is 8.53 Å². The van der Waals surface area contributed by atoms with Gasteiger partial charge in [0.1, 0.15) is 5.00 Å². The van der Waals surface area contributed by atoms with Crippen molar-refractivity contribution < 1.29 is 9.79 Å². The molecule has 8 heteroatoms. The highest BCUT2D eigenvalue weighted by atomic mass is 35.5. The molecular weight excluding hydrogens is 263 g/mol. The van der Waals surface area contributed by atoms with E-state index in [-0.39, 0.29) is 12.5 Å². The average molecular weight is 283 g/mol. The van der Waals surface area contributed by atoms with Gasteiger partial charge in [0.2, 0.25) is 0 Å². The van der Waals surface area contributed by atoms with E-state index in [2.05, 4.69) is 5.43 Å². The van der Waals surface area contributed by atoms with Crippen LogP contribution in [0.1, 0.15) is 34.1 Å². The highest BCUT2D eigenvalue weighted by Gasteiger charge is 2.33. The molecule has 0 amide bonds. The molecular formula is C9H20ClN4O2P. The zero-order valence-corrected chi connectivity index (χ0v) is 12.2. The summed E-state index contributed by atoms with van der Waals surface area (Å²) in [6, 6.07) is 2.02. The molecule has 0 aliphatic heterocycles. The third-order valence-corrected chi connectivity index (χ3v) is 2.69. The van der Waals surface area contributed by atoms with Crippen LogP contribution in [0, 0.1) is 11.3 Å². The second-order valence-electron chi connectivity index (χ2n) is 4.28. The van der Waals surface area contributed by atoms with E-state index in [1.807, 2.05) is 19.9 Å². The molecule has 0 aromatic carbocycles. The molecule has 0 unspecified atom stereocenters. The van der Waals surface area contributed by atoms with Crippen LogP contribution < -0.4 is 5.43 Å². The molecule has 3 N–H and O–H groups in total. The summed E-state index contributed by atoms with van der Waals surface area (Å²) in [7, 11) is -2.36. The van der Waals surface area contributed by atoms with Crippen LogP contribution in [0.5, 0.6) is 0 Å². The van der Waals surface area contributed by atoms with E-state index in [1.165, 1.54) is 9.90 Å². The summed E-state index contributed by atoms with van der Waals surface area (Å²) in [5.41, 5.74) is 2.89. The van der Waals surface area contributed by atoms with Crippen LogP contribution in [0.4, 0.5) is 0 Å². The normalized spacial score (nSPS) is 12.8. The third-order valence-electron chi connectivity index (χ3n) is 1.82. The molecule has 100 valence electrons. The van der Waals surface area contributed by atoms with Crippen LogP contribution in [0.2, 0.25) is 0 Å². The van der Waals surface area contributed by atoms with Crippen molar-refractivity contribution >= 4 is 20.1 Å². The van der Waals surface area contributed by atoms with Crippen molar-refractivity contribution in [2.45, 2.75) is 45.2 Å². The van der Waals surface area contributed by atoms with Crippen LogP contribution in [-0.2, 0) is 0 Å². The lowest BCUT2D eigenvalue weighted by Gasteiger charge is -2.42. The summed E-state index contributed by atoms with van der Waals surface area (Å²) in [6.45, 7) is 7.50. The smallest absolute Gasteiger partial charge is 0.283 e. The molecule has 0 rings (SSSR count). The third kappa shape index (κ3) is 6.49. The first kappa shape index (κ1) is 17.0. The molecule has 0 heterocycles. The van der Waals surface area contributed by atoms with Gasteiger partial charge in [0.05, 0.1) is 6.07 Å². The van der Waals surface area contributed by atoms with Gasteiger partial charge >= 0.3 is 0 Å². The van der Waals surface area contributed by atoms with Crippen molar-refractivity contribution in [3.8, 4) is 6.07 Å². The zero-order chi connectivity index (χ0) is 13.6. The van der Waals surface area contributed by atoms with Crippen LogP contribution in [0.25, 0.3) is 0 Å². The van der Waals surface area contributed by atoms with Crippen molar-refractivity contribution in [2.75, 3.05) is 6.54 Å². The van der Waals surface area contributed by atoms with Gasteiger partial charge in [0.15, 0.2) is 0 Å². The zero-order valence-electron chi connectivity index (χ0n) is 10.6. The summed E-state index contributed by atoms with van der Waals surface area (Å²) < 4.78 is 0. The topological polar surface area (TPSA) is 82.8 Å². The van der Waals surface area contributed by atoms with E-state index >= 15 is 0 Å². The maximum Gasteiger partial charge on any atom is 0.283 e. The van der Waals surface area contributed by atoms with E-state index < -0.39 is 13.5 Å². The minimum atomic E-state index is -2.36. The van der Waals surface area contributed by atoms with Gasteiger partial charge in [-0.05, 0) is 27.7 Å². The quantitative estimate of drug-likeness (QED) is 0.284. The van der Waals surface area contributed by atoms with Gasteiger partial charge in [-0.25, -0.2) is 5.43 Å². The summed E-state index contributed by atoms with van der Waals surface area (Å²) in [6.07, 6.45) is 0.246. The summed E-state index contributed by atoms with van der Waals surface area (Å²) >= 11 is 6.18. The average Bonchev–Trinajstić information content (AvgIpc) is 2.13. The number of hydrazine groups is 2. The number of alkyl halides is 1. The number of rotatable bonds is 7. The number of halogens is 1. The van der Waals surface area contributed by atoms with E-state index in [0.29, 0.717) is 6.54 Å². The Kier molecular flexibility index (Phi) is 7.45. The molecule has 0 atom stereocenters. The Balaban J connectivity index is 4.88. The molecule has 0 aliphatic rings. The van der Waals surface area contributed by atoms with Crippen LogP contribution >= 0.6 is 20.1 Å². The molecule has 0 aromatic heterocycles. The Bertz CT molecular complexity index is 265. The predicted octanol–water partition coefficient (Wildman–Crippen LogP) is 1.52. The monoisotopic (exact) mass is 282 g/mol. The SMILES string of the molecule is CC(C)NN(N(CCC#N)C(C)(C)Cl)P(O)O. The molecule has 0 saturated carbocycles. The summed E-state index contributed by atoms with van der Waals surface area (Å²) in [5, 5.41) is 10.1. The molecule has 0 spiro atoms. The molecule has 0 saturated heterocycles. The fraction of sp³-hybridized carbons (Fsp3) is 0.889. The Hall–Kier alpha value is 0.0100. The van der Waals surface area contributed by atoms with E-state index in [4.69, 9.17) is 16.9 Å². The molecule has 0 aromatic rings. The van der Waals surface area contributed by atoms with Crippen molar-refractivity contribution in [2.24, 2.45) is 0 Å². The first-order chi connectivity index (χ1) is 7.70. The van der Waals surface area contributed by atoms with Crippen molar-refractivity contribution in [3.05, 3.63) is 0 Å². The molecule has 0 fully saturated rings. The van der Waals surface area contributed by atoms with Crippen molar-refractivity contribution in [1.82, 2.24) is 15.3 Å². The number of hydrogen-bond acceptors (Lipinski definition) is 6. The fourth-order valence-corrected chi connectivity index (χ4v) is 2.24. The molecule has 0 radical (unpaired) electrons. The van der Waals surface area contributed by atoms with Crippen molar-refractivity contribution in [1.29, 1.82) is 5.26 Å². The molecule has 0 bridgehead atoms. The highest BCUT2D eigenvalue weighted by molar-refractivity contribution is 7.42. The molecule has 0 aliphatic carbocycles. The first-order valence-corrected chi connectivity index (χ1v) is 6.85. The number of nitrogens with zero attached hydrogens (tertiary/aromatic N) is 3. The van der Waals surface area contributed by atoms with Gasteiger partial charge < -0.3 is 9.79 Å². The van der Waals surface area contributed by atoms with Gasteiger partial charge in [-0.3, -0.25) is 0 Å². The second-order valence-corrected chi connectivity index (χ2v) is 6.12. The van der Waals surface area contributed by atoms with Gasteiger partial charge in [-0.15, -0.1) is 16.5 Å². The Morgan fingerprint density at radius 3 is 2.29 bits per heavy atom. The molecule has 6 nitrogen and oxygen atoms in total. The van der Waals surface area contributed by atoms with Gasteiger partial charge in [0, 0.05) is 19.0 Å². The number of nitriles is 1. The van der Waals surface area contributed by atoms with Gasteiger partial charge in [-0.1, -0.05) is 0 Å². The Morgan fingerprint density at radius 1 is 1.47 bits per heavy atom. The van der Waals surface area contributed by atoms with E-state index in [9.17, 15) is 9.79 Å². The van der Waals surface area contributed by atoms with Crippen LogP contribution in [0.3, 0.4) is 0 Å². The van der Waals surface area contributed by atoms with Crippen molar-refractivity contribution in [3.63, 3.8) is 0 Å². The second kappa shape index (κ2) is 7.45. The first-order valence-electron chi connectivity index (χ1n) is 5.27. The lowest BCUT2D eigenvalue weighted by molar-refractivity contribution is -0.0469. The standard InChI is InChI=1S/C9H20ClN4O2P/c1-8(2)12-14(17(15)16)13(7-5-6-11)9(3,4)10/h8,12,15-16H,5,7H2,1-4H3. The molecule has 17 heavy (non-hydrogen) atoms. The predicted molar refractivity (Wildman–Crippen MR) is 68.3 cm³/mol. The van der Waals surface area contributed by atoms with E-state index in [0.717, 1.165) is 0 Å². The minimum Gasteiger partial charge on any atom is -0.336 e. The number of hydrogen-bond donors (Lipinski definition) is 3. The summed E-state index contributed by atoms with van der Waals surface area (Å²) in [5.74, 6) is 0. The highest BCUT2D eigenvalue weighted by Crippen LogP contribution is 2.35. The summed E-state index contributed by atoms with van der Waals surface area (Å²) in [4.78, 5) is 19.2. The van der Waals surface area contributed by atoms with Crippen LogP contribution in [0.15, 0.2) is 0 Å². The maximum atomic E-state index is 9.39. The van der Waals surface area contributed by atoms with Crippen LogP contribution in [-0.4, -0.2) is 37.3 Å². The Morgan fingerprint density at radius 2 is 2.00 bits per heavy atom. The lowest BCUT2D eigenvalue weighted by atomic mass is 10.3. The maximum absolute atomic E-state index is 9.39. The minimum absolute atomic E-state index is 0.0166. The lowest BCUT2D eigenvalue weighted by Crippen LogP contribution is -2.56.